The van der Waals surface area contributed by atoms with Gasteiger partial charge in [-0.05, 0) is 44.4 Å². The summed E-state index contributed by atoms with van der Waals surface area (Å²) >= 11 is 6.17. The van der Waals surface area contributed by atoms with Crippen LogP contribution in [-0.2, 0) is 19.1 Å². The molecule has 1 aromatic rings. The molecule has 27 heavy (non-hydrogen) atoms. The maximum absolute atomic E-state index is 12.9. The molecule has 2 heterocycles. The fourth-order valence-corrected chi connectivity index (χ4v) is 3.90. The number of likely N-dealkylation sites (tertiary alicyclic amines) is 1. The van der Waals surface area contributed by atoms with Crippen molar-refractivity contribution in [3.05, 3.63) is 28.8 Å². The molecule has 7 heteroatoms. The Balaban J connectivity index is 1.59. The number of hydrogen-bond acceptors (Lipinski definition) is 4. The lowest BCUT2D eigenvalue weighted by Crippen LogP contribution is -2.44. The zero-order valence-corrected chi connectivity index (χ0v) is 16.5. The van der Waals surface area contributed by atoms with Crippen molar-refractivity contribution in [1.82, 2.24) is 4.90 Å². The molecule has 2 aliphatic rings. The van der Waals surface area contributed by atoms with E-state index in [0.29, 0.717) is 44.1 Å². The molecule has 0 aromatic heterocycles. The van der Waals surface area contributed by atoms with Gasteiger partial charge in [-0.2, -0.15) is 0 Å². The summed E-state index contributed by atoms with van der Waals surface area (Å²) in [6, 6.07) is 5.50. The molecular formula is C20H25ClN2O4. The number of nitrogens with zero attached hydrogens (tertiary/aromatic N) is 2. The highest BCUT2D eigenvalue weighted by molar-refractivity contribution is 6.31. The van der Waals surface area contributed by atoms with Crippen molar-refractivity contribution in [2.24, 2.45) is 11.8 Å². The van der Waals surface area contributed by atoms with E-state index in [2.05, 4.69) is 0 Å². The Morgan fingerprint density at radius 2 is 1.93 bits per heavy atom. The highest BCUT2D eigenvalue weighted by Crippen LogP contribution is 2.30. The third-order valence-electron chi connectivity index (χ3n) is 5.37. The summed E-state index contributed by atoms with van der Waals surface area (Å²) < 4.78 is 5.07. The van der Waals surface area contributed by atoms with Gasteiger partial charge in [-0.25, -0.2) is 0 Å². The molecule has 2 amide bonds. The molecule has 1 aromatic carbocycles. The van der Waals surface area contributed by atoms with Crippen LogP contribution in [0.15, 0.2) is 18.2 Å². The highest BCUT2D eigenvalue weighted by atomic mass is 35.5. The molecule has 0 bridgehead atoms. The van der Waals surface area contributed by atoms with Crippen LogP contribution in [0.4, 0.5) is 5.69 Å². The van der Waals surface area contributed by atoms with Crippen molar-refractivity contribution in [2.45, 2.75) is 33.1 Å². The van der Waals surface area contributed by atoms with E-state index in [9.17, 15) is 14.4 Å². The summed E-state index contributed by atoms with van der Waals surface area (Å²) in [6.45, 7) is 5.51. The van der Waals surface area contributed by atoms with E-state index in [1.165, 1.54) is 0 Å². The number of carbonyl (C=O) groups excluding carboxylic acids is 3. The lowest BCUT2D eigenvalue weighted by molar-refractivity contribution is -0.151. The molecule has 0 N–H and O–H groups in total. The van der Waals surface area contributed by atoms with E-state index in [1.54, 1.807) is 22.8 Å². The van der Waals surface area contributed by atoms with Crippen LogP contribution in [0.1, 0.15) is 31.7 Å². The first-order chi connectivity index (χ1) is 12.9. The number of piperidine rings is 1. The van der Waals surface area contributed by atoms with Crippen molar-refractivity contribution >= 4 is 35.1 Å². The Hall–Kier alpha value is -2.08. The normalized spacial score (nSPS) is 20.9. The van der Waals surface area contributed by atoms with Gasteiger partial charge in [0, 0.05) is 36.8 Å². The van der Waals surface area contributed by atoms with Gasteiger partial charge in [0.15, 0.2) is 0 Å². The third kappa shape index (κ3) is 4.26. The molecule has 1 atom stereocenters. The number of benzene rings is 1. The fourth-order valence-electron chi connectivity index (χ4n) is 3.73. The predicted octanol–water partition coefficient (Wildman–Crippen LogP) is 2.80. The first kappa shape index (κ1) is 19.7. The molecule has 0 radical (unpaired) electrons. The van der Waals surface area contributed by atoms with E-state index < -0.39 is 0 Å². The average Bonchev–Trinajstić information content (AvgIpc) is 3.05. The maximum Gasteiger partial charge on any atom is 0.309 e. The summed E-state index contributed by atoms with van der Waals surface area (Å²) in [6.07, 6.45) is 1.44. The molecular weight excluding hydrogens is 368 g/mol. The Kier molecular flexibility index (Phi) is 6.05. The highest BCUT2D eigenvalue weighted by Gasteiger charge is 2.38. The van der Waals surface area contributed by atoms with E-state index in [0.717, 1.165) is 11.3 Å². The number of amides is 2. The van der Waals surface area contributed by atoms with Crippen LogP contribution in [0.3, 0.4) is 0 Å². The number of rotatable bonds is 4. The van der Waals surface area contributed by atoms with Crippen LogP contribution in [0, 0.1) is 18.8 Å². The van der Waals surface area contributed by atoms with Crippen molar-refractivity contribution in [1.29, 1.82) is 0 Å². The lowest BCUT2D eigenvalue weighted by atomic mass is 9.95. The van der Waals surface area contributed by atoms with Crippen LogP contribution in [0.5, 0.6) is 0 Å². The largest absolute Gasteiger partial charge is 0.466 e. The number of esters is 1. The topological polar surface area (TPSA) is 66.9 Å². The number of aryl methyl sites for hydroxylation is 1. The zero-order valence-electron chi connectivity index (χ0n) is 15.7. The minimum atomic E-state index is -0.350. The quantitative estimate of drug-likeness (QED) is 0.739. The van der Waals surface area contributed by atoms with E-state index in [-0.39, 0.29) is 36.0 Å². The first-order valence-corrected chi connectivity index (χ1v) is 9.80. The standard InChI is InChI=1S/C20H25ClN2O4/c1-3-27-20(26)14-6-8-22(9-7-14)19(25)15-10-18(24)23(12-15)16-5-4-13(2)17(21)11-16/h4-5,11,14-15H,3,6-10,12H2,1-2H3/t15-/m1/s1. The van der Waals surface area contributed by atoms with Crippen LogP contribution >= 0.6 is 11.6 Å². The molecule has 2 aliphatic heterocycles. The Bertz CT molecular complexity index is 743. The first-order valence-electron chi connectivity index (χ1n) is 9.42. The van der Waals surface area contributed by atoms with E-state index >= 15 is 0 Å². The van der Waals surface area contributed by atoms with Gasteiger partial charge in [0.2, 0.25) is 11.8 Å². The SMILES string of the molecule is CCOC(=O)C1CCN(C(=O)[C@@H]2CC(=O)N(c3ccc(C)c(Cl)c3)C2)CC1. The number of ether oxygens (including phenoxy) is 1. The molecule has 0 saturated carbocycles. The minimum Gasteiger partial charge on any atom is -0.466 e. The van der Waals surface area contributed by atoms with Crippen molar-refractivity contribution in [3.63, 3.8) is 0 Å². The molecule has 2 saturated heterocycles. The van der Waals surface area contributed by atoms with Gasteiger partial charge < -0.3 is 14.5 Å². The van der Waals surface area contributed by atoms with Gasteiger partial charge in [-0.1, -0.05) is 17.7 Å². The van der Waals surface area contributed by atoms with Gasteiger partial charge in [0.25, 0.3) is 0 Å². The van der Waals surface area contributed by atoms with Crippen molar-refractivity contribution in [3.8, 4) is 0 Å². The average molecular weight is 393 g/mol. The van der Waals surface area contributed by atoms with Gasteiger partial charge in [-0.15, -0.1) is 0 Å². The van der Waals surface area contributed by atoms with E-state index in [4.69, 9.17) is 16.3 Å². The van der Waals surface area contributed by atoms with Gasteiger partial charge in [-0.3, -0.25) is 14.4 Å². The summed E-state index contributed by atoms with van der Waals surface area (Å²) in [5.74, 6) is -0.730. The Morgan fingerprint density at radius 3 is 2.56 bits per heavy atom. The second kappa shape index (κ2) is 8.30. The lowest BCUT2D eigenvalue weighted by Gasteiger charge is -2.32. The van der Waals surface area contributed by atoms with Crippen LogP contribution in [-0.4, -0.2) is 48.9 Å². The molecule has 0 unspecified atom stereocenters. The number of anilines is 1. The zero-order chi connectivity index (χ0) is 19.6. The summed E-state index contributed by atoms with van der Waals surface area (Å²) in [7, 11) is 0. The van der Waals surface area contributed by atoms with Crippen LogP contribution in [0.2, 0.25) is 5.02 Å². The maximum atomic E-state index is 12.9. The number of carbonyl (C=O) groups is 3. The fraction of sp³-hybridized carbons (Fsp3) is 0.550. The van der Waals surface area contributed by atoms with Gasteiger partial charge >= 0.3 is 5.97 Å². The monoisotopic (exact) mass is 392 g/mol. The predicted molar refractivity (Wildman–Crippen MR) is 103 cm³/mol. The van der Waals surface area contributed by atoms with Gasteiger partial charge in [0.1, 0.15) is 0 Å². The van der Waals surface area contributed by atoms with Crippen LogP contribution in [0.25, 0.3) is 0 Å². The summed E-state index contributed by atoms with van der Waals surface area (Å²) in [5, 5.41) is 0.608. The molecule has 6 nitrogen and oxygen atoms in total. The summed E-state index contributed by atoms with van der Waals surface area (Å²) in [4.78, 5) is 40.5. The van der Waals surface area contributed by atoms with Gasteiger partial charge in [0.05, 0.1) is 18.4 Å². The number of halogens is 1. The van der Waals surface area contributed by atoms with Crippen LogP contribution < -0.4 is 4.90 Å². The molecule has 2 fully saturated rings. The second-order valence-electron chi connectivity index (χ2n) is 7.19. The molecule has 0 spiro atoms. The van der Waals surface area contributed by atoms with E-state index in [1.807, 2.05) is 19.1 Å². The molecule has 0 aliphatic carbocycles. The summed E-state index contributed by atoms with van der Waals surface area (Å²) in [5.41, 5.74) is 1.68. The third-order valence-corrected chi connectivity index (χ3v) is 5.78. The smallest absolute Gasteiger partial charge is 0.309 e. The Morgan fingerprint density at radius 1 is 1.22 bits per heavy atom. The van der Waals surface area contributed by atoms with Crippen molar-refractivity contribution in [2.75, 3.05) is 31.1 Å². The minimum absolute atomic E-state index is 0.00799. The molecule has 146 valence electrons. The molecule has 3 rings (SSSR count). The Labute approximate surface area is 164 Å². The van der Waals surface area contributed by atoms with Crippen molar-refractivity contribution < 1.29 is 19.1 Å². The number of hydrogen-bond donors (Lipinski definition) is 0. The second-order valence-corrected chi connectivity index (χ2v) is 7.60.